The van der Waals surface area contributed by atoms with Crippen LogP contribution in [0.3, 0.4) is 0 Å². The molecule has 13 heavy (non-hydrogen) atoms. The predicted octanol–water partition coefficient (Wildman–Crippen LogP) is 2.53. The Morgan fingerprint density at radius 1 is 1.54 bits per heavy atom. The van der Waals surface area contributed by atoms with Crippen LogP contribution < -0.4 is 4.74 Å². The number of methoxy groups -OCH3 is 1. The molecule has 0 bridgehead atoms. The van der Waals surface area contributed by atoms with Gasteiger partial charge in [-0.25, -0.2) is 0 Å². The maximum Gasteiger partial charge on any atom is 0.124 e. The summed E-state index contributed by atoms with van der Waals surface area (Å²) in [7, 11) is 1.70. The first-order valence-electron chi connectivity index (χ1n) is 4.24. The van der Waals surface area contributed by atoms with E-state index >= 15 is 0 Å². The molecule has 1 aliphatic heterocycles. The highest BCUT2D eigenvalue weighted by Crippen LogP contribution is 2.33. The second-order valence-electron chi connectivity index (χ2n) is 3.09. The molecule has 0 N–H and O–H groups in total. The van der Waals surface area contributed by atoms with Gasteiger partial charge in [-0.05, 0) is 17.7 Å². The summed E-state index contributed by atoms with van der Waals surface area (Å²) in [6, 6.07) is 4.15. The Balaban J connectivity index is 2.37. The lowest BCUT2D eigenvalue weighted by atomic mass is 10.1. The number of fused-ring (bicyclic) bond motifs is 1. The summed E-state index contributed by atoms with van der Waals surface area (Å²) in [5.74, 6) is 1.00. The minimum absolute atomic E-state index is 0.634. The molecule has 0 saturated carbocycles. The summed E-state index contributed by atoms with van der Waals surface area (Å²) in [6.07, 6.45) is 1.00. The lowest BCUT2D eigenvalue weighted by Crippen LogP contribution is -1.90. The van der Waals surface area contributed by atoms with Gasteiger partial charge in [-0.15, -0.1) is 0 Å². The molecule has 1 aromatic carbocycles. The van der Waals surface area contributed by atoms with Crippen molar-refractivity contribution in [3.63, 3.8) is 0 Å². The van der Waals surface area contributed by atoms with E-state index < -0.39 is 0 Å². The Kier molecular flexibility index (Phi) is 2.56. The molecule has 0 aliphatic carbocycles. The Hall–Kier alpha value is -0.540. The van der Waals surface area contributed by atoms with Crippen LogP contribution in [0.25, 0.3) is 0 Å². The van der Waals surface area contributed by atoms with Crippen LogP contribution in [0.4, 0.5) is 0 Å². The van der Waals surface area contributed by atoms with Gasteiger partial charge in [-0.2, -0.15) is 0 Å². The average molecular weight is 243 g/mol. The zero-order valence-corrected chi connectivity index (χ0v) is 9.06. The van der Waals surface area contributed by atoms with E-state index in [9.17, 15) is 0 Å². The highest BCUT2D eigenvalue weighted by molar-refractivity contribution is 9.10. The molecule has 0 fully saturated rings. The average Bonchev–Trinajstić information content (AvgIpc) is 2.53. The SMILES string of the molecule is COCc1cc(Br)c2c(c1)OCC2. The monoisotopic (exact) mass is 242 g/mol. The molecular formula is C10H11BrO2. The summed E-state index contributed by atoms with van der Waals surface area (Å²) < 4.78 is 11.7. The van der Waals surface area contributed by atoms with Crippen molar-refractivity contribution in [1.29, 1.82) is 0 Å². The molecule has 0 amide bonds. The van der Waals surface area contributed by atoms with Crippen molar-refractivity contribution in [2.24, 2.45) is 0 Å². The standard InChI is InChI=1S/C10H11BrO2/c1-12-6-7-4-9(11)8-2-3-13-10(8)5-7/h4-5H,2-3,6H2,1H3. The summed E-state index contributed by atoms with van der Waals surface area (Å²) in [4.78, 5) is 0. The van der Waals surface area contributed by atoms with Crippen molar-refractivity contribution in [1.82, 2.24) is 0 Å². The zero-order chi connectivity index (χ0) is 9.26. The largest absolute Gasteiger partial charge is 0.493 e. The van der Waals surface area contributed by atoms with Gasteiger partial charge in [0.05, 0.1) is 13.2 Å². The van der Waals surface area contributed by atoms with Gasteiger partial charge in [-0.1, -0.05) is 15.9 Å². The van der Waals surface area contributed by atoms with Gasteiger partial charge in [0.2, 0.25) is 0 Å². The second kappa shape index (κ2) is 3.68. The molecule has 2 rings (SSSR count). The van der Waals surface area contributed by atoms with Crippen molar-refractivity contribution in [2.45, 2.75) is 13.0 Å². The van der Waals surface area contributed by atoms with Crippen LogP contribution in [0.2, 0.25) is 0 Å². The lowest BCUT2D eigenvalue weighted by Gasteiger charge is -2.05. The fourth-order valence-corrected chi connectivity index (χ4v) is 2.24. The smallest absolute Gasteiger partial charge is 0.124 e. The van der Waals surface area contributed by atoms with Crippen molar-refractivity contribution in [2.75, 3.05) is 13.7 Å². The fraction of sp³-hybridized carbons (Fsp3) is 0.400. The van der Waals surface area contributed by atoms with Crippen LogP contribution in [0.15, 0.2) is 16.6 Å². The number of benzene rings is 1. The van der Waals surface area contributed by atoms with E-state index in [1.807, 2.05) is 0 Å². The van der Waals surface area contributed by atoms with E-state index in [2.05, 4.69) is 28.1 Å². The van der Waals surface area contributed by atoms with Crippen LogP contribution in [-0.2, 0) is 17.8 Å². The second-order valence-corrected chi connectivity index (χ2v) is 3.94. The molecule has 70 valence electrons. The Labute approximate surface area is 86.0 Å². The summed E-state index contributed by atoms with van der Waals surface area (Å²) in [5.41, 5.74) is 2.43. The van der Waals surface area contributed by atoms with Gasteiger partial charge < -0.3 is 9.47 Å². The maximum atomic E-state index is 5.48. The van der Waals surface area contributed by atoms with Crippen LogP contribution in [0, 0.1) is 0 Å². The first-order valence-corrected chi connectivity index (χ1v) is 5.03. The molecule has 3 heteroatoms. The van der Waals surface area contributed by atoms with E-state index in [0.717, 1.165) is 28.8 Å². The van der Waals surface area contributed by atoms with Crippen molar-refractivity contribution < 1.29 is 9.47 Å². The number of ether oxygens (including phenoxy) is 2. The van der Waals surface area contributed by atoms with Gasteiger partial charge in [0.15, 0.2) is 0 Å². The molecular weight excluding hydrogens is 232 g/mol. The number of hydrogen-bond donors (Lipinski definition) is 0. The molecule has 0 aromatic heterocycles. The maximum absolute atomic E-state index is 5.48. The summed E-state index contributed by atoms with van der Waals surface area (Å²) in [5, 5.41) is 0. The molecule has 2 nitrogen and oxygen atoms in total. The minimum atomic E-state index is 0.634. The molecule has 1 aliphatic rings. The van der Waals surface area contributed by atoms with Crippen molar-refractivity contribution in [3.05, 3.63) is 27.7 Å². The van der Waals surface area contributed by atoms with Crippen LogP contribution >= 0.6 is 15.9 Å². The van der Waals surface area contributed by atoms with E-state index in [4.69, 9.17) is 9.47 Å². The van der Waals surface area contributed by atoms with Crippen molar-refractivity contribution >= 4 is 15.9 Å². The van der Waals surface area contributed by atoms with E-state index in [1.165, 1.54) is 5.56 Å². The molecule has 0 spiro atoms. The van der Waals surface area contributed by atoms with Crippen LogP contribution in [0.5, 0.6) is 5.75 Å². The van der Waals surface area contributed by atoms with Gasteiger partial charge in [0.1, 0.15) is 5.75 Å². The normalized spacial score (nSPS) is 14.0. The highest BCUT2D eigenvalue weighted by Gasteiger charge is 2.15. The first kappa shape index (κ1) is 9.03. The van der Waals surface area contributed by atoms with Gasteiger partial charge >= 0.3 is 0 Å². The van der Waals surface area contributed by atoms with Crippen LogP contribution in [-0.4, -0.2) is 13.7 Å². The van der Waals surface area contributed by atoms with Gasteiger partial charge in [0.25, 0.3) is 0 Å². The van der Waals surface area contributed by atoms with Gasteiger partial charge in [-0.3, -0.25) is 0 Å². The van der Waals surface area contributed by atoms with Crippen molar-refractivity contribution in [3.8, 4) is 5.75 Å². The zero-order valence-electron chi connectivity index (χ0n) is 7.47. The third-order valence-corrected chi connectivity index (χ3v) is 2.84. The topological polar surface area (TPSA) is 18.5 Å². The molecule has 0 unspecified atom stereocenters. The van der Waals surface area contributed by atoms with E-state index in [1.54, 1.807) is 7.11 Å². The summed E-state index contributed by atoms with van der Waals surface area (Å²) in [6.45, 7) is 1.43. The fourth-order valence-electron chi connectivity index (χ4n) is 1.55. The predicted molar refractivity (Wildman–Crippen MR) is 54.1 cm³/mol. The van der Waals surface area contributed by atoms with E-state index in [0.29, 0.717) is 6.61 Å². The molecule has 0 atom stereocenters. The lowest BCUT2D eigenvalue weighted by molar-refractivity contribution is 0.184. The Morgan fingerprint density at radius 2 is 2.38 bits per heavy atom. The quantitative estimate of drug-likeness (QED) is 0.794. The van der Waals surface area contributed by atoms with Crippen LogP contribution in [0.1, 0.15) is 11.1 Å². The number of halogens is 1. The molecule has 1 aromatic rings. The third kappa shape index (κ3) is 1.71. The van der Waals surface area contributed by atoms with E-state index in [-0.39, 0.29) is 0 Å². The minimum Gasteiger partial charge on any atom is -0.493 e. The third-order valence-electron chi connectivity index (χ3n) is 2.13. The number of rotatable bonds is 2. The highest BCUT2D eigenvalue weighted by atomic mass is 79.9. The molecule has 1 heterocycles. The first-order chi connectivity index (χ1) is 6.31. The van der Waals surface area contributed by atoms with Gasteiger partial charge in [0, 0.05) is 23.6 Å². The summed E-state index contributed by atoms with van der Waals surface area (Å²) >= 11 is 3.53. The Morgan fingerprint density at radius 3 is 3.15 bits per heavy atom. The molecule has 0 radical (unpaired) electrons. The Bertz CT molecular complexity index is 323. The number of hydrogen-bond acceptors (Lipinski definition) is 2. The molecule has 0 saturated heterocycles.